The van der Waals surface area contributed by atoms with Crippen molar-refractivity contribution in [1.29, 1.82) is 0 Å². The first kappa shape index (κ1) is 29.4. The number of aryl methyl sites for hydroxylation is 1. The first-order valence-corrected chi connectivity index (χ1v) is 14.4. The number of esters is 1. The Morgan fingerprint density at radius 3 is 1.89 bits per heavy atom. The minimum absolute atomic E-state index is 0.169. The summed E-state index contributed by atoms with van der Waals surface area (Å²) in [6, 6.07) is 19.6. The van der Waals surface area contributed by atoms with Gasteiger partial charge in [0, 0.05) is 0 Å². The molecule has 0 atom stereocenters. The molecule has 0 spiro atoms. The second-order valence-corrected chi connectivity index (χ2v) is 10.0. The van der Waals surface area contributed by atoms with Crippen LogP contribution in [0.15, 0.2) is 66.7 Å². The summed E-state index contributed by atoms with van der Waals surface area (Å²) < 4.78 is 25.9. The second kappa shape index (κ2) is 16.7. The third-order valence-electron chi connectivity index (χ3n) is 6.86. The van der Waals surface area contributed by atoms with Crippen LogP contribution in [0.2, 0.25) is 0 Å². The van der Waals surface area contributed by atoms with Crippen LogP contribution in [0.4, 0.5) is 4.39 Å². The molecule has 3 aromatic rings. The van der Waals surface area contributed by atoms with E-state index in [-0.39, 0.29) is 5.82 Å². The van der Waals surface area contributed by atoms with Crippen LogP contribution < -0.4 is 9.47 Å². The standard InChI is InChI=1S/C34H43FO3/c1-3-5-7-9-10-11-13-25-37-31-21-23-32(24-22-31)38-34(36)29-18-15-27(16-19-29)30-20-17-28(33(35)26-30)14-12-8-6-4-2/h15-24,26H,3-14,25H2,1-2H3. The molecule has 0 saturated carbocycles. The number of carbonyl (C=O) groups is 1. The number of benzene rings is 3. The largest absolute Gasteiger partial charge is 0.494 e. The van der Waals surface area contributed by atoms with Crippen molar-refractivity contribution in [1.82, 2.24) is 0 Å². The van der Waals surface area contributed by atoms with Gasteiger partial charge in [0.15, 0.2) is 0 Å². The van der Waals surface area contributed by atoms with Crippen molar-refractivity contribution in [3.05, 3.63) is 83.7 Å². The SMILES string of the molecule is CCCCCCCCCOc1ccc(OC(=O)c2ccc(-c3ccc(CCCCCC)c(F)c3)cc2)cc1. The molecule has 0 bridgehead atoms. The van der Waals surface area contributed by atoms with Gasteiger partial charge in [-0.3, -0.25) is 0 Å². The Labute approximate surface area is 228 Å². The molecule has 0 N–H and O–H groups in total. The molecule has 3 nitrogen and oxygen atoms in total. The summed E-state index contributed by atoms with van der Waals surface area (Å²) >= 11 is 0. The molecule has 3 rings (SSSR count). The number of hydrogen-bond acceptors (Lipinski definition) is 3. The smallest absolute Gasteiger partial charge is 0.343 e. The summed E-state index contributed by atoms with van der Waals surface area (Å²) in [5.74, 6) is 0.650. The van der Waals surface area contributed by atoms with Crippen LogP contribution in [0.5, 0.6) is 11.5 Å². The molecule has 4 heteroatoms. The minimum atomic E-state index is -0.429. The van der Waals surface area contributed by atoms with Gasteiger partial charge in [0.05, 0.1) is 12.2 Å². The van der Waals surface area contributed by atoms with Gasteiger partial charge in [-0.1, -0.05) is 95.9 Å². The molecule has 0 radical (unpaired) electrons. The van der Waals surface area contributed by atoms with Crippen molar-refractivity contribution in [3.8, 4) is 22.6 Å². The molecule has 38 heavy (non-hydrogen) atoms. The third-order valence-corrected chi connectivity index (χ3v) is 6.86. The van der Waals surface area contributed by atoms with E-state index in [4.69, 9.17) is 9.47 Å². The molecular weight excluding hydrogens is 475 g/mol. The molecule has 204 valence electrons. The molecule has 0 fully saturated rings. The molecule has 0 aliphatic heterocycles. The van der Waals surface area contributed by atoms with Crippen LogP contribution in [0.25, 0.3) is 11.1 Å². The summed E-state index contributed by atoms with van der Waals surface area (Å²) in [6.07, 6.45) is 14.0. The van der Waals surface area contributed by atoms with E-state index >= 15 is 0 Å². The minimum Gasteiger partial charge on any atom is -0.494 e. The molecule has 0 unspecified atom stereocenters. The van der Waals surface area contributed by atoms with Crippen LogP contribution in [0, 0.1) is 5.82 Å². The van der Waals surface area contributed by atoms with Gasteiger partial charge in [-0.05, 0) is 78.4 Å². The van der Waals surface area contributed by atoms with Crippen molar-refractivity contribution >= 4 is 5.97 Å². The summed E-state index contributed by atoms with van der Waals surface area (Å²) in [5.41, 5.74) is 2.87. The first-order chi connectivity index (χ1) is 18.6. The zero-order valence-corrected chi connectivity index (χ0v) is 23.1. The van der Waals surface area contributed by atoms with E-state index in [1.807, 2.05) is 36.4 Å². The van der Waals surface area contributed by atoms with Gasteiger partial charge in [0.2, 0.25) is 0 Å². The maximum absolute atomic E-state index is 14.6. The number of halogens is 1. The molecule has 0 saturated heterocycles. The lowest BCUT2D eigenvalue weighted by molar-refractivity contribution is 0.0734. The highest BCUT2D eigenvalue weighted by Crippen LogP contribution is 2.25. The zero-order chi connectivity index (χ0) is 27.0. The number of unbranched alkanes of at least 4 members (excludes halogenated alkanes) is 9. The summed E-state index contributed by atoms with van der Waals surface area (Å²) in [7, 11) is 0. The maximum atomic E-state index is 14.6. The van der Waals surface area contributed by atoms with E-state index in [9.17, 15) is 9.18 Å². The van der Waals surface area contributed by atoms with Crippen molar-refractivity contribution in [2.75, 3.05) is 6.61 Å². The van der Waals surface area contributed by atoms with Crippen LogP contribution in [0.1, 0.15) is 100 Å². The number of hydrogen-bond donors (Lipinski definition) is 0. The van der Waals surface area contributed by atoms with E-state index in [1.54, 1.807) is 30.3 Å². The summed E-state index contributed by atoms with van der Waals surface area (Å²) in [6.45, 7) is 5.11. The van der Waals surface area contributed by atoms with Crippen molar-refractivity contribution < 1.29 is 18.7 Å². The average Bonchev–Trinajstić information content (AvgIpc) is 2.94. The monoisotopic (exact) mass is 518 g/mol. The van der Waals surface area contributed by atoms with E-state index in [0.717, 1.165) is 48.1 Å². The van der Waals surface area contributed by atoms with E-state index in [2.05, 4.69) is 13.8 Å². The van der Waals surface area contributed by atoms with Crippen LogP contribution >= 0.6 is 0 Å². The Morgan fingerprint density at radius 1 is 0.658 bits per heavy atom. The Morgan fingerprint density at radius 2 is 1.24 bits per heavy atom. The molecule has 3 aromatic carbocycles. The van der Waals surface area contributed by atoms with Gasteiger partial charge in [-0.25, -0.2) is 9.18 Å². The van der Waals surface area contributed by atoms with Gasteiger partial charge >= 0.3 is 5.97 Å². The van der Waals surface area contributed by atoms with Gasteiger partial charge in [0.25, 0.3) is 0 Å². The summed E-state index contributed by atoms with van der Waals surface area (Å²) in [5, 5.41) is 0. The maximum Gasteiger partial charge on any atom is 0.343 e. The summed E-state index contributed by atoms with van der Waals surface area (Å²) in [4.78, 5) is 12.6. The van der Waals surface area contributed by atoms with Crippen molar-refractivity contribution in [2.24, 2.45) is 0 Å². The molecule has 0 amide bonds. The van der Waals surface area contributed by atoms with E-state index in [0.29, 0.717) is 17.9 Å². The quantitative estimate of drug-likeness (QED) is 0.101. The fraction of sp³-hybridized carbons (Fsp3) is 0.441. The van der Waals surface area contributed by atoms with Crippen LogP contribution in [0.3, 0.4) is 0 Å². The van der Waals surface area contributed by atoms with E-state index in [1.165, 1.54) is 51.4 Å². The topological polar surface area (TPSA) is 35.5 Å². The van der Waals surface area contributed by atoms with Crippen LogP contribution in [-0.2, 0) is 6.42 Å². The van der Waals surface area contributed by atoms with Crippen molar-refractivity contribution in [3.63, 3.8) is 0 Å². The molecule has 0 heterocycles. The Balaban J connectivity index is 1.45. The third kappa shape index (κ3) is 9.96. The Bertz CT molecular complexity index is 1090. The number of carbonyl (C=O) groups excluding carboxylic acids is 1. The molecule has 0 aliphatic rings. The lowest BCUT2D eigenvalue weighted by Crippen LogP contribution is -2.08. The highest BCUT2D eigenvalue weighted by atomic mass is 19.1. The van der Waals surface area contributed by atoms with Gasteiger partial charge < -0.3 is 9.47 Å². The zero-order valence-electron chi connectivity index (χ0n) is 23.1. The van der Waals surface area contributed by atoms with Gasteiger partial charge in [0.1, 0.15) is 17.3 Å². The van der Waals surface area contributed by atoms with E-state index < -0.39 is 5.97 Å². The van der Waals surface area contributed by atoms with Crippen LogP contribution in [-0.4, -0.2) is 12.6 Å². The van der Waals surface area contributed by atoms with Crippen molar-refractivity contribution in [2.45, 2.75) is 90.9 Å². The molecule has 0 aromatic heterocycles. The lowest BCUT2D eigenvalue weighted by Gasteiger charge is -2.09. The number of ether oxygens (including phenoxy) is 2. The average molecular weight is 519 g/mol. The lowest BCUT2D eigenvalue weighted by atomic mass is 9.99. The molecule has 0 aliphatic carbocycles. The highest BCUT2D eigenvalue weighted by molar-refractivity contribution is 5.91. The first-order valence-electron chi connectivity index (χ1n) is 14.4. The fourth-order valence-electron chi connectivity index (χ4n) is 4.49. The van der Waals surface area contributed by atoms with Gasteiger partial charge in [-0.2, -0.15) is 0 Å². The fourth-order valence-corrected chi connectivity index (χ4v) is 4.49. The number of rotatable bonds is 17. The van der Waals surface area contributed by atoms with Gasteiger partial charge in [-0.15, -0.1) is 0 Å². The normalized spacial score (nSPS) is 10.9. The predicted molar refractivity (Wildman–Crippen MR) is 155 cm³/mol. The highest BCUT2D eigenvalue weighted by Gasteiger charge is 2.11. The predicted octanol–water partition coefficient (Wildman–Crippen LogP) is 9.96. The Kier molecular flexibility index (Phi) is 12.9. The second-order valence-electron chi connectivity index (χ2n) is 10.0. The Hall–Kier alpha value is -3.14. The molecular formula is C34H43FO3.